The van der Waals surface area contributed by atoms with Crippen LogP contribution in [0.25, 0.3) is 0 Å². The molecule has 114 valence electrons. The maximum atomic E-state index is 11.1. The summed E-state index contributed by atoms with van der Waals surface area (Å²) in [5.74, 6) is -0.270. The second-order valence-corrected chi connectivity index (χ2v) is 5.91. The van der Waals surface area contributed by atoms with Crippen LogP contribution in [0.1, 0.15) is 59.8 Å². The molecule has 1 fully saturated rings. The molecule has 1 heterocycles. The van der Waals surface area contributed by atoms with Crippen molar-refractivity contribution in [3.8, 4) is 0 Å². The second-order valence-electron chi connectivity index (χ2n) is 5.91. The van der Waals surface area contributed by atoms with Gasteiger partial charge in [-0.25, -0.2) is 4.79 Å². The van der Waals surface area contributed by atoms with Gasteiger partial charge in [0.15, 0.2) is 0 Å². The van der Waals surface area contributed by atoms with E-state index >= 15 is 0 Å². The van der Waals surface area contributed by atoms with Gasteiger partial charge in [-0.3, -0.25) is 0 Å². The minimum atomic E-state index is -0.270. The van der Waals surface area contributed by atoms with Gasteiger partial charge in [0, 0.05) is 6.08 Å². The molecular formula is C17H28O3. The second kappa shape index (κ2) is 7.63. The van der Waals surface area contributed by atoms with Gasteiger partial charge in [-0.05, 0) is 52.9 Å². The molecule has 0 bridgehead atoms. The summed E-state index contributed by atoms with van der Waals surface area (Å²) in [4.78, 5) is 11.1. The number of allylic oxidation sites excluding steroid dienone is 3. The molecule has 0 aromatic heterocycles. The number of hydrogen-bond acceptors (Lipinski definition) is 3. The van der Waals surface area contributed by atoms with Gasteiger partial charge in [-0.15, -0.1) is 0 Å². The highest BCUT2D eigenvalue weighted by Gasteiger charge is 2.49. The molecule has 0 aromatic carbocycles. The first kappa shape index (κ1) is 17.0. The number of esters is 1. The van der Waals surface area contributed by atoms with E-state index in [1.165, 1.54) is 12.7 Å². The van der Waals surface area contributed by atoms with Crippen LogP contribution in [-0.2, 0) is 14.3 Å². The topological polar surface area (TPSA) is 38.8 Å². The van der Waals surface area contributed by atoms with E-state index in [0.717, 1.165) is 37.7 Å². The van der Waals surface area contributed by atoms with Crippen molar-refractivity contribution >= 4 is 5.97 Å². The molecule has 3 heteroatoms. The zero-order valence-electron chi connectivity index (χ0n) is 13.5. The van der Waals surface area contributed by atoms with Crippen LogP contribution in [0.15, 0.2) is 23.3 Å². The van der Waals surface area contributed by atoms with E-state index in [2.05, 4.69) is 31.6 Å². The lowest BCUT2D eigenvalue weighted by Crippen LogP contribution is -2.07. The van der Waals surface area contributed by atoms with Crippen molar-refractivity contribution in [2.24, 2.45) is 0 Å². The van der Waals surface area contributed by atoms with E-state index in [1.54, 1.807) is 6.08 Å². The molecule has 1 saturated heterocycles. The van der Waals surface area contributed by atoms with E-state index in [9.17, 15) is 4.79 Å². The molecule has 20 heavy (non-hydrogen) atoms. The van der Waals surface area contributed by atoms with Crippen molar-refractivity contribution in [1.82, 2.24) is 0 Å². The van der Waals surface area contributed by atoms with Crippen LogP contribution in [0.2, 0.25) is 0 Å². The first-order chi connectivity index (χ1) is 9.41. The maximum absolute atomic E-state index is 11.1. The van der Waals surface area contributed by atoms with Gasteiger partial charge in [-0.1, -0.05) is 24.1 Å². The molecule has 3 nitrogen and oxygen atoms in total. The van der Waals surface area contributed by atoms with Crippen molar-refractivity contribution in [2.45, 2.75) is 71.5 Å². The van der Waals surface area contributed by atoms with Crippen LogP contribution >= 0.6 is 0 Å². The predicted octanol–water partition coefficient (Wildman–Crippen LogP) is 4.18. The lowest BCUT2D eigenvalue weighted by atomic mass is 9.99. The molecule has 0 amide bonds. The lowest BCUT2D eigenvalue weighted by molar-refractivity contribution is -0.134. The first-order valence-electron chi connectivity index (χ1n) is 7.50. The Morgan fingerprint density at radius 2 is 2.00 bits per heavy atom. The largest absolute Gasteiger partial charge is 0.466 e. The van der Waals surface area contributed by atoms with Crippen molar-refractivity contribution in [3.63, 3.8) is 0 Å². The van der Waals surface area contributed by atoms with Crippen LogP contribution in [0.4, 0.5) is 0 Å². The fraction of sp³-hybridized carbons (Fsp3) is 0.706. The van der Waals surface area contributed by atoms with Crippen molar-refractivity contribution in [3.05, 3.63) is 23.3 Å². The summed E-state index contributed by atoms with van der Waals surface area (Å²) >= 11 is 0. The average molecular weight is 280 g/mol. The molecule has 2 unspecified atom stereocenters. The number of rotatable bonds is 8. The molecule has 1 aliphatic rings. The molecule has 0 saturated carbocycles. The Hall–Kier alpha value is -1.09. The van der Waals surface area contributed by atoms with Crippen molar-refractivity contribution in [1.29, 1.82) is 0 Å². The summed E-state index contributed by atoms with van der Waals surface area (Å²) in [7, 11) is 1.40. The highest BCUT2D eigenvalue weighted by atomic mass is 16.6. The zero-order chi connectivity index (χ0) is 15.2. The van der Waals surface area contributed by atoms with E-state index < -0.39 is 0 Å². The number of ether oxygens (including phenoxy) is 2. The molecule has 0 aliphatic carbocycles. The number of epoxide rings is 1. The van der Waals surface area contributed by atoms with Crippen LogP contribution < -0.4 is 0 Å². The monoisotopic (exact) mass is 280 g/mol. The molecule has 0 N–H and O–H groups in total. The standard InChI is InChI=1S/C17H28O3/c1-6-17(4)15(20-17)11-10-13(2)8-7-9-14(3)12-16(18)19-5/h8,12,15H,6-7,9-11H2,1-5H3. The predicted molar refractivity (Wildman–Crippen MR) is 81.6 cm³/mol. The molecule has 0 spiro atoms. The quantitative estimate of drug-likeness (QED) is 0.290. The molecule has 0 aromatic rings. The van der Waals surface area contributed by atoms with E-state index in [-0.39, 0.29) is 11.6 Å². The lowest BCUT2D eigenvalue weighted by Gasteiger charge is -2.03. The van der Waals surface area contributed by atoms with Gasteiger partial charge in [-0.2, -0.15) is 0 Å². The third-order valence-corrected chi connectivity index (χ3v) is 4.14. The fourth-order valence-electron chi connectivity index (χ4n) is 2.31. The van der Waals surface area contributed by atoms with Crippen LogP contribution in [0.3, 0.4) is 0 Å². The summed E-state index contributed by atoms with van der Waals surface area (Å²) in [6.07, 6.45) is 9.45. The summed E-state index contributed by atoms with van der Waals surface area (Å²) in [6, 6.07) is 0. The molecule has 1 aliphatic heterocycles. The highest BCUT2D eigenvalue weighted by molar-refractivity contribution is 5.82. The fourth-order valence-corrected chi connectivity index (χ4v) is 2.31. The average Bonchev–Trinajstić information content (AvgIpc) is 3.08. The Kier molecular flexibility index (Phi) is 6.47. The number of methoxy groups -OCH3 is 1. The Bertz CT molecular complexity index is 395. The number of carbonyl (C=O) groups excluding carboxylic acids is 1. The van der Waals surface area contributed by atoms with E-state index in [0.29, 0.717) is 6.10 Å². The van der Waals surface area contributed by atoms with Crippen molar-refractivity contribution < 1.29 is 14.3 Å². The third kappa shape index (κ3) is 5.49. The van der Waals surface area contributed by atoms with Crippen LogP contribution in [-0.4, -0.2) is 24.8 Å². The summed E-state index contributed by atoms with van der Waals surface area (Å²) in [5.41, 5.74) is 2.61. The number of hydrogen-bond donors (Lipinski definition) is 0. The summed E-state index contributed by atoms with van der Waals surface area (Å²) in [5, 5.41) is 0. The molecular weight excluding hydrogens is 252 g/mol. The number of carbonyl (C=O) groups is 1. The molecule has 0 radical (unpaired) electrons. The van der Waals surface area contributed by atoms with Gasteiger partial charge < -0.3 is 9.47 Å². The minimum absolute atomic E-state index is 0.139. The van der Waals surface area contributed by atoms with Crippen LogP contribution in [0, 0.1) is 0 Å². The van der Waals surface area contributed by atoms with Crippen LogP contribution in [0.5, 0.6) is 0 Å². The normalized spacial score (nSPS) is 26.6. The summed E-state index contributed by atoms with van der Waals surface area (Å²) in [6.45, 7) is 8.51. The van der Waals surface area contributed by atoms with Gasteiger partial charge in [0.05, 0.1) is 18.8 Å². The summed E-state index contributed by atoms with van der Waals surface area (Å²) < 4.78 is 10.3. The van der Waals surface area contributed by atoms with Crippen molar-refractivity contribution in [2.75, 3.05) is 7.11 Å². The smallest absolute Gasteiger partial charge is 0.330 e. The molecule has 2 atom stereocenters. The third-order valence-electron chi connectivity index (χ3n) is 4.14. The Morgan fingerprint density at radius 1 is 1.30 bits per heavy atom. The Morgan fingerprint density at radius 3 is 2.55 bits per heavy atom. The van der Waals surface area contributed by atoms with Gasteiger partial charge in [0.2, 0.25) is 0 Å². The molecule has 1 rings (SSSR count). The Balaban J connectivity index is 2.22. The Labute approximate surface area is 123 Å². The maximum Gasteiger partial charge on any atom is 0.330 e. The SMILES string of the molecule is CCC1(C)OC1CCC(C)=CCCC(C)=CC(=O)OC. The van der Waals surface area contributed by atoms with Gasteiger partial charge >= 0.3 is 5.97 Å². The minimum Gasteiger partial charge on any atom is -0.466 e. The van der Waals surface area contributed by atoms with Gasteiger partial charge in [0.25, 0.3) is 0 Å². The van der Waals surface area contributed by atoms with Gasteiger partial charge in [0.1, 0.15) is 0 Å². The van der Waals surface area contributed by atoms with E-state index in [4.69, 9.17) is 4.74 Å². The first-order valence-corrected chi connectivity index (χ1v) is 7.50. The zero-order valence-corrected chi connectivity index (χ0v) is 13.5. The van der Waals surface area contributed by atoms with E-state index in [1.807, 2.05) is 6.92 Å². The highest BCUT2D eigenvalue weighted by Crippen LogP contribution is 2.42.